The van der Waals surface area contributed by atoms with Crippen molar-refractivity contribution >= 4 is 28.8 Å². The van der Waals surface area contributed by atoms with Crippen LogP contribution in [0.25, 0.3) is 11.0 Å². The molecule has 2 aromatic rings. The second kappa shape index (κ2) is 9.72. The number of carbonyl (C=O) groups is 3. The molecule has 1 atom stereocenters. The van der Waals surface area contributed by atoms with Gasteiger partial charge in [0, 0.05) is 17.0 Å². The van der Waals surface area contributed by atoms with Gasteiger partial charge in [-0.2, -0.15) is 0 Å². The molecule has 2 amide bonds. The maximum atomic E-state index is 12.1. The lowest BCUT2D eigenvalue weighted by atomic mass is 10.0. The fraction of sp³-hybridized carbons (Fsp3) is 0.400. The lowest BCUT2D eigenvalue weighted by molar-refractivity contribution is -0.304. The number of aliphatic carboxylic acids is 1. The van der Waals surface area contributed by atoms with Gasteiger partial charge in [-0.3, -0.25) is 9.59 Å². The summed E-state index contributed by atoms with van der Waals surface area (Å²) in [7, 11) is 0. The lowest BCUT2D eigenvalue weighted by Crippen LogP contribution is -2.45. The maximum absolute atomic E-state index is 12.1. The van der Waals surface area contributed by atoms with E-state index < -0.39 is 42.6 Å². The molecule has 2 N–H and O–H groups in total. The number of aryl methyl sites for hydroxylation is 2. The van der Waals surface area contributed by atoms with Crippen LogP contribution in [0.15, 0.2) is 27.4 Å². The SMILES string of the molecule is CCCc1cc(=O)oc2c(C)c(O[C@H](C)C(=O)NCC(=O)NCC(=O)[O-])ccc12. The highest BCUT2D eigenvalue weighted by atomic mass is 16.5. The van der Waals surface area contributed by atoms with Crippen molar-refractivity contribution < 1.29 is 28.6 Å². The van der Waals surface area contributed by atoms with Gasteiger partial charge in [0.1, 0.15) is 11.3 Å². The van der Waals surface area contributed by atoms with E-state index >= 15 is 0 Å². The molecule has 0 unspecified atom stereocenters. The molecule has 0 bridgehead atoms. The maximum Gasteiger partial charge on any atom is 0.336 e. The van der Waals surface area contributed by atoms with Crippen molar-refractivity contribution in [3.05, 3.63) is 39.7 Å². The van der Waals surface area contributed by atoms with Crippen LogP contribution in [0.4, 0.5) is 0 Å². The molecular formula is C20H23N2O7-. The smallest absolute Gasteiger partial charge is 0.336 e. The molecule has 29 heavy (non-hydrogen) atoms. The van der Waals surface area contributed by atoms with Crippen LogP contribution in [-0.2, 0) is 20.8 Å². The Kier molecular flexibility index (Phi) is 7.35. The minimum Gasteiger partial charge on any atom is -0.548 e. The molecule has 0 aliphatic rings. The molecule has 0 aliphatic heterocycles. The predicted molar refractivity (Wildman–Crippen MR) is 102 cm³/mol. The summed E-state index contributed by atoms with van der Waals surface area (Å²) in [5.74, 6) is -2.28. The standard InChI is InChI=1S/C20H24N2O7/c1-4-5-13-8-18(26)29-19-11(2)15(7-6-14(13)19)28-12(3)20(27)22-9-16(23)21-10-17(24)25/h6-8,12H,4-5,9-10H2,1-3H3,(H,21,23)(H,22,27)(H,24,25)/p-1/t12-/m1/s1. The molecule has 1 aromatic carbocycles. The Labute approximate surface area is 167 Å². The number of ether oxygens (including phenoxy) is 1. The summed E-state index contributed by atoms with van der Waals surface area (Å²) in [6.45, 7) is 4.22. The first-order valence-electron chi connectivity index (χ1n) is 9.20. The van der Waals surface area contributed by atoms with E-state index in [0.29, 0.717) is 16.9 Å². The molecule has 156 valence electrons. The second-order valence-corrected chi connectivity index (χ2v) is 6.53. The molecule has 1 aromatic heterocycles. The van der Waals surface area contributed by atoms with Gasteiger partial charge < -0.3 is 29.7 Å². The number of carboxylic acid groups (broad SMARTS) is 1. The van der Waals surface area contributed by atoms with Crippen LogP contribution in [0.5, 0.6) is 5.75 Å². The normalized spacial score (nSPS) is 11.7. The van der Waals surface area contributed by atoms with Crippen LogP contribution in [0.1, 0.15) is 31.4 Å². The first-order valence-corrected chi connectivity index (χ1v) is 9.20. The summed E-state index contributed by atoms with van der Waals surface area (Å²) in [6.07, 6.45) is 0.676. The van der Waals surface area contributed by atoms with Gasteiger partial charge >= 0.3 is 5.63 Å². The van der Waals surface area contributed by atoms with Gasteiger partial charge in [-0.15, -0.1) is 0 Å². The van der Waals surface area contributed by atoms with Gasteiger partial charge in [-0.05, 0) is 38.0 Å². The average molecular weight is 403 g/mol. The van der Waals surface area contributed by atoms with E-state index in [4.69, 9.17) is 9.15 Å². The summed E-state index contributed by atoms with van der Waals surface area (Å²) < 4.78 is 11.0. The number of carboxylic acids is 1. The third kappa shape index (κ3) is 5.81. The topological polar surface area (TPSA) is 138 Å². The molecule has 0 saturated heterocycles. The van der Waals surface area contributed by atoms with E-state index in [2.05, 4.69) is 10.6 Å². The van der Waals surface area contributed by atoms with E-state index in [1.165, 1.54) is 13.0 Å². The molecule has 0 spiro atoms. The monoisotopic (exact) mass is 403 g/mol. The zero-order valence-corrected chi connectivity index (χ0v) is 16.5. The van der Waals surface area contributed by atoms with Crippen LogP contribution >= 0.6 is 0 Å². The van der Waals surface area contributed by atoms with E-state index in [1.807, 2.05) is 6.92 Å². The van der Waals surface area contributed by atoms with Crippen molar-refractivity contribution in [2.75, 3.05) is 13.1 Å². The number of benzene rings is 1. The van der Waals surface area contributed by atoms with Crippen molar-refractivity contribution in [1.82, 2.24) is 10.6 Å². The van der Waals surface area contributed by atoms with Gasteiger partial charge in [0.2, 0.25) is 5.91 Å². The lowest BCUT2D eigenvalue weighted by Gasteiger charge is -2.17. The highest BCUT2D eigenvalue weighted by Gasteiger charge is 2.18. The Bertz CT molecular complexity index is 981. The number of rotatable bonds is 9. The number of nitrogens with one attached hydrogen (secondary N) is 2. The Morgan fingerprint density at radius 1 is 1.21 bits per heavy atom. The van der Waals surface area contributed by atoms with Gasteiger partial charge in [-0.25, -0.2) is 4.79 Å². The number of carbonyl (C=O) groups excluding carboxylic acids is 3. The van der Waals surface area contributed by atoms with Crippen LogP contribution in [0, 0.1) is 6.92 Å². The number of hydrogen-bond donors (Lipinski definition) is 2. The minimum atomic E-state index is -1.43. The second-order valence-electron chi connectivity index (χ2n) is 6.53. The third-order valence-corrected chi connectivity index (χ3v) is 4.24. The largest absolute Gasteiger partial charge is 0.548 e. The molecule has 0 aliphatic carbocycles. The fourth-order valence-corrected chi connectivity index (χ4v) is 2.80. The van der Waals surface area contributed by atoms with E-state index in [9.17, 15) is 24.3 Å². The Morgan fingerprint density at radius 3 is 2.59 bits per heavy atom. The molecule has 0 radical (unpaired) electrons. The summed E-state index contributed by atoms with van der Waals surface area (Å²) in [5, 5.41) is 15.5. The fourth-order valence-electron chi connectivity index (χ4n) is 2.80. The molecule has 0 fully saturated rings. The van der Waals surface area contributed by atoms with Crippen LogP contribution in [0.2, 0.25) is 0 Å². The Hall–Kier alpha value is -3.36. The number of fused-ring (bicyclic) bond motifs is 1. The summed E-state index contributed by atoms with van der Waals surface area (Å²) in [6, 6.07) is 4.96. The molecule has 2 rings (SSSR count). The van der Waals surface area contributed by atoms with Gasteiger partial charge in [0.05, 0.1) is 19.1 Å². The van der Waals surface area contributed by atoms with E-state index in [0.717, 1.165) is 23.8 Å². The molecule has 1 heterocycles. The van der Waals surface area contributed by atoms with Crippen molar-refractivity contribution in [3.63, 3.8) is 0 Å². The first-order chi connectivity index (χ1) is 13.7. The molecule has 9 heteroatoms. The summed E-state index contributed by atoms with van der Waals surface area (Å²) in [5.41, 5.74) is 1.44. The number of amides is 2. The highest BCUT2D eigenvalue weighted by Crippen LogP contribution is 2.29. The highest BCUT2D eigenvalue weighted by molar-refractivity contribution is 5.88. The molecular weight excluding hydrogens is 380 g/mol. The molecule has 0 saturated carbocycles. The zero-order valence-electron chi connectivity index (χ0n) is 16.5. The van der Waals surface area contributed by atoms with Crippen LogP contribution in [0.3, 0.4) is 0 Å². The van der Waals surface area contributed by atoms with Crippen LogP contribution < -0.4 is 26.1 Å². The minimum absolute atomic E-state index is 0.373. The number of hydrogen-bond acceptors (Lipinski definition) is 7. The van der Waals surface area contributed by atoms with Crippen LogP contribution in [-0.4, -0.2) is 37.0 Å². The average Bonchev–Trinajstić information content (AvgIpc) is 2.67. The van der Waals surface area contributed by atoms with Gasteiger partial charge in [-0.1, -0.05) is 13.3 Å². The first kappa shape index (κ1) is 21.9. The quantitative estimate of drug-likeness (QED) is 0.553. The van der Waals surface area contributed by atoms with Gasteiger partial charge in [0.25, 0.3) is 5.91 Å². The Morgan fingerprint density at radius 2 is 1.93 bits per heavy atom. The summed E-state index contributed by atoms with van der Waals surface area (Å²) in [4.78, 5) is 45.8. The Balaban J connectivity index is 2.10. The molecule has 9 nitrogen and oxygen atoms in total. The van der Waals surface area contributed by atoms with Gasteiger partial charge in [0.15, 0.2) is 6.10 Å². The van der Waals surface area contributed by atoms with Crippen molar-refractivity contribution in [2.24, 2.45) is 0 Å². The van der Waals surface area contributed by atoms with E-state index in [-0.39, 0.29) is 0 Å². The van der Waals surface area contributed by atoms with Crippen molar-refractivity contribution in [2.45, 2.75) is 39.7 Å². The third-order valence-electron chi connectivity index (χ3n) is 4.24. The van der Waals surface area contributed by atoms with E-state index in [1.54, 1.807) is 19.1 Å². The zero-order chi connectivity index (χ0) is 21.6. The predicted octanol–water partition coefficient (Wildman–Crippen LogP) is -0.196. The summed E-state index contributed by atoms with van der Waals surface area (Å²) >= 11 is 0. The van der Waals surface area contributed by atoms with Crippen molar-refractivity contribution in [1.29, 1.82) is 0 Å². The van der Waals surface area contributed by atoms with Crippen molar-refractivity contribution in [3.8, 4) is 5.75 Å².